The number of amides is 1. The molecule has 1 saturated carbocycles. The molecule has 1 aliphatic carbocycles. The molecule has 0 radical (unpaired) electrons. The van der Waals surface area contributed by atoms with E-state index in [0.29, 0.717) is 29.9 Å². The molecule has 1 N–H and O–H groups in total. The number of ether oxygens (including phenoxy) is 1. The van der Waals surface area contributed by atoms with Gasteiger partial charge in [0.05, 0.1) is 23.4 Å². The molecule has 3 rings (SSSR count). The first-order valence-electron chi connectivity index (χ1n) is 10.9. The Morgan fingerprint density at radius 3 is 2.60 bits per heavy atom. The van der Waals surface area contributed by atoms with Gasteiger partial charge < -0.3 is 9.16 Å². The second-order valence-corrected chi connectivity index (χ2v) is 13.0. The number of benzene rings is 1. The van der Waals surface area contributed by atoms with E-state index < -0.39 is 9.04 Å². The van der Waals surface area contributed by atoms with Gasteiger partial charge in [-0.15, -0.1) is 0 Å². The smallest absolute Gasteiger partial charge is 0.240 e. The first-order chi connectivity index (χ1) is 14.0. The Morgan fingerprint density at radius 1 is 1.33 bits per heavy atom. The molecule has 1 aromatic carbocycles. The van der Waals surface area contributed by atoms with E-state index in [-0.39, 0.29) is 23.3 Å². The van der Waals surface area contributed by atoms with Crippen LogP contribution in [-0.4, -0.2) is 33.4 Å². The first kappa shape index (κ1) is 23.3. The van der Waals surface area contributed by atoms with Crippen LogP contribution in [0.3, 0.4) is 0 Å². The van der Waals surface area contributed by atoms with Crippen molar-refractivity contribution in [2.45, 2.75) is 66.7 Å². The number of carbonyl (C=O) groups is 1. The molecule has 4 unspecified atom stereocenters. The Morgan fingerprint density at radius 2 is 2.03 bits per heavy atom. The first-order valence-corrected chi connectivity index (χ1v) is 14.1. The molecule has 0 aromatic heterocycles. The summed E-state index contributed by atoms with van der Waals surface area (Å²) in [7, 11) is -1.10. The average Bonchev–Trinajstić information content (AvgIpc) is 3.36. The highest BCUT2D eigenvalue weighted by atomic mass is 35.5. The lowest BCUT2D eigenvalue weighted by atomic mass is 9.85. The van der Waals surface area contributed by atoms with Gasteiger partial charge in [0.1, 0.15) is 5.75 Å². The van der Waals surface area contributed by atoms with Crippen LogP contribution in [0.5, 0.6) is 5.75 Å². The zero-order chi connectivity index (χ0) is 22.2. The lowest BCUT2D eigenvalue weighted by Crippen LogP contribution is -2.35. The second kappa shape index (κ2) is 9.01. The van der Waals surface area contributed by atoms with Crippen molar-refractivity contribution in [3.05, 3.63) is 28.3 Å². The van der Waals surface area contributed by atoms with Crippen molar-refractivity contribution in [1.29, 1.82) is 0 Å². The highest BCUT2D eigenvalue weighted by molar-refractivity contribution is 6.48. The molecule has 1 aromatic rings. The molecule has 7 heteroatoms. The van der Waals surface area contributed by atoms with Crippen LogP contribution in [0.25, 0.3) is 0 Å². The third-order valence-electron chi connectivity index (χ3n) is 5.86. The number of rotatable bonds is 7. The predicted molar refractivity (Wildman–Crippen MR) is 125 cm³/mol. The Bertz CT molecular complexity index is 811. The van der Waals surface area contributed by atoms with Crippen molar-refractivity contribution in [3.63, 3.8) is 0 Å². The minimum absolute atomic E-state index is 0.0503. The van der Waals surface area contributed by atoms with Gasteiger partial charge in [0.25, 0.3) is 0 Å². The number of halogens is 1. The summed E-state index contributed by atoms with van der Waals surface area (Å²) in [6, 6.07) is 3.94. The van der Waals surface area contributed by atoms with Gasteiger partial charge in [-0.2, -0.15) is 5.10 Å². The molecule has 30 heavy (non-hydrogen) atoms. The molecule has 5 nitrogen and oxygen atoms in total. The summed E-state index contributed by atoms with van der Waals surface area (Å²) in [6.45, 7) is 15.9. The molecule has 166 valence electrons. The molecule has 1 heterocycles. The molecule has 2 aliphatic rings. The number of hydrazone groups is 1. The van der Waals surface area contributed by atoms with Crippen LogP contribution in [0.2, 0.25) is 18.1 Å². The van der Waals surface area contributed by atoms with Crippen molar-refractivity contribution in [2.24, 2.45) is 28.3 Å². The molecule has 0 bridgehead atoms. The van der Waals surface area contributed by atoms with E-state index in [1.54, 1.807) is 0 Å². The maximum atomic E-state index is 11.5. The lowest BCUT2D eigenvalue weighted by Gasteiger charge is -2.33. The van der Waals surface area contributed by atoms with Crippen molar-refractivity contribution in [1.82, 2.24) is 5.43 Å². The van der Waals surface area contributed by atoms with Gasteiger partial charge in [-0.05, 0) is 61.4 Å². The average molecular weight is 451 g/mol. The molecule has 0 saturated heterocycles. The van der Waals surface area contributed by atoms with Crippen molar-refractivity contribution < 1.29 is 14.0 Å². The maximum Gasteiger partial charge on any atom is 0.240 e. The molecule has 1 fully saturated rings. The quantitative estimate of drug-likeness (QED) is 0.598. The van der Waals surface area contributed by atoms with E-state index in [0.717, 1.165) is 29.0 Å². The normalized spacial score (nSPS) is 25.0. The summed E-state index contributed by atoms with van der Waals surface area (Å²) >= 11 is 6.59. The van der Waals surface area contributed by atoms with E-state index in [9.17, 15) is 4.79 Å². The van der Waals surface area contributed by atoms with Crippen molar-refractivity contribution in [3.8, 4) is 5.75 Å². The standard InChI is InChI=1S/C23H35ClN2O3Si/c1-13-9-19(27)25-26-20(13)15-8-14(2)21(18(24)11-15)28-12-16-10-17(16)22(23(3,4)5)29-30(6)7/h8,11,13,16-17,22,30H,9-10,12H2,1-7H3,(H,25,27). The third-order valence-corrected chi connectivity index (χ3v) is 6.98. The number of nitrogens with one attached hydrogen (secondary N) is 1. The van der Waals surface area contributed by atoms with Crippen LogP contribution in [0.1, 0.15) is 51.7 Å². The maximum absolute atomic E-state index is 11.5. The minimum Gasteiger partial charge on any atom is -0.491 e. The van der Waals surface area contributed by atoms with Gasteiger partial charge in [0.15, 0.2) is 9.04 Å². The van der Waals surface area contributed by atoms with Crippen LogP contribution in [0.15, 0.2) is 17.2 Å². The van der Waals surface area contributed by atoms with E-state index in [2.05, 4.69) is 44.4 Å². The summed E-state index contributed by atoms with van der Waals surface area (Å²) in [5.74, 6) is 1.82. The summed E-state index contributed by atoms with van der Waals surface area (Å²) < 4.78 is 12.6. The summed E-state index contributed by atoms with van der Waals surface area (Å²) in [5, 5.41) is 4.83. The highest BCUT2D eigenvalue weighted by Gasteiger charge is 2.48. The number of hydrogen-bond acceptors (Lipinski definition) is 4. The topological polar surface area (TPSA) is 59.9 Å². The molecular weight excluding hydrogens is 416 g/mol. The lowest BCUT2D eigenvalue weighted by molar-refractivity contribution is -0.121. The minimum atomic E-state index is -1.10. The number of hydrogen-bond donors (Lipinski definition) is 1. The molecule has 4 atom stereocenters. The zero-order valence-electron chi connectivity index (χ0n) is 19.2. The fourth-order valence-corrected chi connectivity index (χ4v) is 5.85. The van der Waals surface area contributed by atoms with E-state index in [4.69, 9.17) is 20.8 Å². The van der Waals surface area contributed by atoms with Crippen molar-refractivity contribution in [2.75, 3.05) is 6.61 Å². The van der Waals surface area contributed by atoms with Gasteiger partial charge in [-0.1, -0.05) is 39.3 Å². The Hall–Kier alpha value is -1.37. The van der Waals surface area contributed by atoms with Crippen LogP contribution < -0.4 is 10.2 Å². The van der Waals surface area contributed by atoms with Gasteiger partial charge in [-0.3, -0.25) is 4.79 Å². The number of aryl methyl sites for hydroxylation is 1. The van der Waals surface area contributed by atoms with Gasteiger partial charge in [0.2, 0.25) is 5.91 Å². The predicted octanol–water partition coefficient (Wildman–Crippen LogP) is 4.94. The van der Waals surface area contributed by atoms with E-state index in [1.807, 2.05) is 26.0 Å². The largest absolute Gasteiger partial charge is 0.491 e. The second-order valence-electron chi connectivity index (χ2n) is 10.2. The Labute approximate surface area is 187 Å². The fourth-order valence-electron chi connectivity index (χ4n) is 4.33. The molecule has 0 spiro atoms. The third kappa shape index (κ3) is 5.45. The van der Waals surface area contributed by atoms with Crippen LogP contribution in [0, 0.1) is 30.1 Å². The summed E-state index contributed by atoms with van der Waals surface area (Å²) in [5.41, 5.74) is 5.49. The Kier molecular flexibility index (Phi) is 7.00. The fraction of sp³-hybridized carbons (Fsp3) is 0.652. The van der Waals surface area contributed by atoms with E-state index >= 15 is 0 Å². The molecule has 1 aliphatic heterocycles. The van der Waals surface area contributed by atoms with Crippen molar-refractivity contribution >= 4 is 32.3 Å². The number of nitrogens with zero attached hydrogens (tertiary/aromatic N) is 1. The van der Waals surface area contributed by atoms with Crippen LogP contribution >= 0.6 is 11.6 Å². The SMILES string of the molecule is Cc1cc(C2=NNC(=O)CC2C)cc(Cl)c1OCC1CC1C(O[SiH](C)C)C(C)(C)C. The zero-order valence-corrected chi connectivity index (χ0v) is 21.1. The van der Waals surface area contributed by atoms with Gasteiger partial charge in [0, 0.05) is 17.9 Å². The van der Waals surface area contributed by atoms with Gasteiger partial charge in [-0.25, -0.2) is 5.43 Å². The number of carbonyl (C=O) groups excluding carboxylic acids is 1. The molecule has 1 amide bonds. The summed E-state index contributed by atoms with van der Waals surface area (Å²) in [6.07, 6.45) is 1.87. The van der Waals surface area contributed by atoms with E-state index in [1.165, 1.54) is 0 Å². The molecular formula is C23H35ClN2O3Si. The monoisotopic (exact) mass is 450 g/mol. The Balaban J connectivity index is 1.66. The van der Waals surface area contributed by atoms with Gasteiger partial charge >= 0.3 is 0 Å². The highest BCUT2D eigenvalue weighted by Crippen LogP contribution is 2.48. The van der Waals surface area contributed by atoms with Crippen LogP contribution in [-0.2, 0) is 9.22 Å². The van der Waals surface area contributed by atoms with Crippen LogP contribution in [0.4, 0.5) is 0 Å². The summed E-state index contributed by atoms with van der Waals surface area (Å²) in [4.78, 5) is 11.5.